The number of hydrogen-bond acceptors (Lipinski definition) is 2. The quantitative estimate of drug-likeness (QED) is 0.833. The number of nitrogens with one attached hydrogen (secondary N) is 2. The topological polar surface area (TPSA) is 58.2 Å². The summed E-state index contributed by atoms with van der Waals surface area (Å²) in [5.41, 5.74) is 2.53. The number of hydrogen-bond donors (Lipinski definition) is 2. The second-order valence-electron chi connectivity index (χ2n) is 4.83. The number of anilines is 1. The summed E-state index contributed by atoms with van der Waals surface area (Å²) in [6, 6.07) is 18.7. The van der Waals surface area contributed by atoms with Gasteiger partial charge in [-0.2, -0.15) is 0 Å². The molecular weight excluding hydrogens is 276 g/mol. The lowest BCUT2D eigenvalue weighted by atomic mass is 10.1. The summed E-state index contributed by atoms with van der Waals surface area (Å²) < 4.78 is 0. The van der Waals surface area contributed by atoms with Gasteiger partial charge in [0.25, 0.3) is 0 Å². The van der Waals surface area contributed by atoms with Gasteiger partial charge in [-0.25, -0.2) is 0 Å². The van der Waals surface area contributed by atoms with E-state index in [0.717, 1.165) is 11.1 Å². The van der Waals surface area contributed by atoms with Crippen molar-refractivity contribution in [1.82, 2.24) is 5.32 Å². The van der Waals surface area contributed by atoms with Crippen molar-refractivity contribution in [2.24, 2.45) is 0 Å². The van der Waals surface area contributed by atoms with Gasteiger partial charge in [0.15, 0.2) is 0 Å². The first kappa shape index (κ1) is 15.5. The molecule has 2 aromatic rings. The van der Waals surface area contributed by atoms with E-state index in [9.17, 15) is 9.59 Å². The van der Waals surface area contributed by atoms with Crippen molar-refractivity contribution in [3.63, 3.8) is 0 Å². The van der Waals surface area contributed by atoms with Crippen LogP contribution in [0.4, 0.5) is 5.69 Å². The fourth-order valence-corrected chi connectivity index (χ4v) is 1.93. The number of carbonyl (C=O) groups excluding carboxylic acids is 2. The molecule has 0 heterocycles. The molecule has 4 nitrogen and oxygen atoms in total. The largest absolute Gasteiger partial charge is 0.343 e. The summed E-state index contributed by atoms with van der Waals surface area (Å²) in [6.45, 7) is 1.80. The average Bonchev–Trinajstić information content (AvgIpc) is 2.55. The number of amides is 2. The number of rotatable bonds is 5. The molecule has 2 N–H and O–H groups in total. The third-order valence-corrected chi connectivity index (χ3v) is 3.06. The molecule has 0 bridgehead atoms. The molecular formula is C18H18N2O2. The lowest BCUT2D eigenvalue weighted by Gasteiger charge is -2.06. The van der Waals surface area contributed by atoms with Crippen molar-refractivity contribution in [3.8, 4) is 0 Å². The van der Waals surface area contributed by atoms with Gasteiger partial charge in [-0.1, -0.05) is 48.5 Å². The van der Waals surface area contributed by atoms with Crippen LogP contribution in [0.1, 0.15) is 12.5 Å². The molecule has 0 unspecified atom stereocenters. The second kappa shape index (κ2) is 7.78. The molecule has 0 radical (unpaired) electrons. The maximum absolute atomic E-state index is 11.8. The minimum Gasteiger partial charge on any atom is -0.343 e. The van der Waals surface area contributed by atoms with Crippen LogP contribution in [-0.2, 0) is 9.59 Å². The minimum atomic E-state index is -0.287. The van der Waals surface area contributed by atoms with Crippen molar-refractivity contribution in [1.29, 1.82) is 0 Å². The molecule has 0 aliphatic rings. The van der Waals surface area contributed by atoms with Gasteiger partial charge in [0.1, 0.15) is 0 Å². The Morgan fingerprint density at radius 3 is 2.18 bits per heavy atom. The zero-order chi connectivity index (χ0) is 15.8. The predicted molar refractivity (Wildman–Crippen MR) is 88.2 cm³/mol. The molecule has 0 atom stereocenters. The molecule has 112 valence electrons. The maximum atomic E-state index is 11.8. The molecule has 4 heteroatoms. The van der Waals surface area contributed by atoms with E-state index in [1.807, 2.05) is 55.5 Å². The highest BCUT2D eigenvalue weighted by Gasteiger charge is 2.05. The van der Waals surface area contributed by atoms with Gasteiger partial charge in [-0.3, -0.25) is 9.59 Å². The molecule has 0 fully saturated rings. The smallest absolute Gasteiger partial charge is 0.244 e. The van der Waals surface area contributed by atoms with Crippen LogP contribution in [0.5, 0.6) is 0 Å². The van der Waals surface area contributed by atoms with Crippen molar-refractivity contribution in [2.75, 3.05) is 11.9 Å². The van der Waals surface area contributed by atoms with Gasteiger partial charge < -0.3 is 10.6 Å². The van der Waals surface area contributed by atoms with Gasteiger partial charge >= 0.3 is 0 Å². The minimum absolute atomic E-state index is 0.0632. The Hall–Kier alpha value is -2.88. The van der Waals surface area contributed by atoms with Crippen LogP contribution >= 0.6 is 0 Å². The lowest BCUT2D eigenvalue weighted by molar-refractivity contribution is -0.121. The van der Waals surface area contributed by atoms with E-state index in [1.165, 1.54) is 6.08 Å². The Morgan fingerprint density at radius 2 is 1.55 bits per heavy atom. The first-order chi connectivity index (χ1) is 10.6. The van der Waals surface area contributed by atoms with Crippen molar-refractivity contribution in [2.45, 2.75) is 6.92 Å². The number of allylic oxidation sites excluding steroid dienone is 1. The van der Waals surface area contributed by atoms with E-state index < -0.39 is 0 Å². The van der Waals surface area contributed by atoms with Crippen LogP contribution in [0, 0.1) is 0 Å². The Bertz CT molecular complexity index is 664. The normalized spacial score (nSPS) is 10.9. The summed E-state index contributed by atoms with van der Waals surface area (Å²) in [4.78, 5) is 23.5. The fourth-order valence-electron chi connectivity index (χ4n) is 1.93. The third-order valence-electron chi connectivity index (χ3n) is 3.06. The predicted octanol–water partition coefficient (Wildman–Crippen LogP) is 2.84. The monoisotopic (exact) mass is 294 g/mol. The van der Waals surface area contributed by atoms with Crippen molar-refractivity contribution >= 4 is 23.1 Å². The van der Waals surface area contributed by atoms with Crippen LogP contribution in [-0.4, -0.2) is 18.4 Å². The van der Waals surface area contributed by atoms with Crippen LogP contribution in [0.25, 0.3) is 5.57 Å². The molecule has 0 saturated carbocycles. The highest BCUT2D eigenvalue weighted by atomic mass is 16.2. The molecule has 0 spiro atoms. The van der Waals surface area contributed by atoms with Gasteiger partial charge in [-0.05, 0) is 30.2 Å². The van der Waals surface area contributed by atoms with Crippen molar-refractivity contribution < 1.29 is 9.59 Å². The Morgan fingerprint density at radius 1 is 0.955 bits per heavy atom. The second-order valence-corrected chi connectivity index (χ2v) is 4.83. The highest BCUT2D eigenvalue weighted by Crippen LogP contribution is 2.12. The molecule has 0 aliphatic carbocycles. The SMILES string of the molecule is C/C(=C\C(=O)NCC(=O)Nc1ccccc1)c1ccccc1. The number of benzene rings is 2. The molecule has 2 rings (SSSR count). The maximum Gasteiger partial charge on any atom is 0.244 e. The van der Waals surface area contributed by atoms with E-state index in [1.54, 1.807) is 12.1 Å². The van der Waals surface area contributed by atoms with Crippen LogP contribution in [0.2, 0.25) is 0 Å². The van der Waals surface area contributed by atoms with Gasteiger partial charge in [0, 0.05) is 11.8 Å². The molecule has 2 aromatic carbocycles. The molecule has 22 heavy (non-hydrogen) atoms. The molecule has 0 aliphatic heterocycles. The summed E-state index contributed by atoms with van der Waals surface area (Å²) in [7, 11) is 0. The zero-order valence-electron chi connectivity index (χ0n) is 12.4. The van der Waals surface area contributed by atoms with E-state index in [2.05, 4.69) is 10.6 Å². The molecule has 2 amide bonds. The molecule has 0 aromatic heterocycles. The number of carbonyl (C=O) groups is 2. The van der Waals surface area contributed by atoms with Gasteiger partial charge in [0.2, 0.25) is 11.8 Å². The van der Waals surface area contributed by atoms with Crippen LogP contribution in [0.15, 0.2) is 66.7 Å². The van der Waals surface area contributed by atoms with E-state index in [0.29, 0.717) is 5.69 Å². The standard InChI is InChI=1S/C18H18N2O2/c1-14(15-8-4-2-5-9-15)12-17(21)19-13-18(22)20-16-10-6-3-7-11-16/h2-12H,13H2,1H3,(H,19,21)(H,20,22)/b14-12+. The molecule has 0 saturated heterocycles. The lowest BCUT2D eigenvalue weighted by Crippen LogP contribution is -2.31. The van der Waals surface area contributed by atoms with E-state index in [4.69, 9.17) is 0 Å². The highest BCUT2D eigenvalue weighted by molar-refractivity contribution is 5.99. The Labute approximate surface area is 129 Å². The fraction of sp³-hybridized carbons (Fsp3) is 0.111. The zero-order valence-corrected chi connectivity index (χ0v) is 12.4. The van der Waals surface area contributed by atoms with Crippen molar-refractivity contribution in [3.05, 3.63) is 72.3 Å². The first-order valence-corrected chi connectivity index (χ1v) is 7.01. The van der Waals surface area contributed by atoms with Gasteiger partial charge in [-0.15, -0.1) is 0 Å². The third kappa shape index (κ3) is 4.90. The van der Waals surface area contributed by atoms with E-state index >= 15 is 0 Å². The number of para-hydroxylation sites is 1. The summed E-state index contributed by atoms with van der Waals surface area (Å²) in [5.74, 6) is -0.546. The van der Waals surface area contributed by atoms with Gasteiger partial charge in [0.05, 0.1) is 6.54 Å². The average molecular weight is 294 g/mol. The Kier molecular flexibility index (Phi) is 5.49. The van der Waals surface area contributed by atoms with Crippen LogP contribution < -0.4 is 10.6 Å². The summed E-state index contributed by atoms with van der Waals surface area (Å²) in [5, 5.41) is 5.28. The first-order valence-electron chi connectivity index (χ1n) is 7.01. The Balaban J connectivity index is 1.84. The van der Waals surface area contributed by atoms with Crippen LogP contribution in [0.3, 0.4) is 0 Å². The summed E-state index contributed by atoms with van der Waals surface area (Å²) >= 11 is 0. The summed E-state index contributed by atoms with van der Waals surface area (Å²) in [6.07, 6.45) is 1.49. The van der Waals surface area contributed by atoms with E-state index in [-0.39, 0.29) is 18.4 Å².